The molecule has 0 saturated carbocycles. The molecule has 152 valence electrons. The van der Waals surface area contributed by atoms with Crippen molar-refractivity contribution in [2.75, 3.05) is 31.1 Å². The molecule has 2 aliphatic rings. The first kappa shape index (κ1) is 19.9. The number of piperidine rings is 1. The van der Waals surface area contributed by atoms with E-state index >= 15 is 0 Å². The predicted octanol–water partition coefficient (Wildman–Crippen LogP) is 3.81. The smallest absolute Gasteiger partial charge is 0.307 e. The first-order valence-electron chi connectivity index (χ1n) is 10.1. The Labute approximate surface area is 175 Å². The molecule has 2 heterocycles. The Morgan fingerprint density at radius 1 is 1.07 bits per heavy atom. The summed E-state index contributed by atoms with van der Waals surface area (Å²) in [5, 5.41) is 10.3. The molecule has 1 fully saturated rings. The molecule has 5 nitrogen and oxygen atoms in total. The van der Waals surface area contributed by atoms with E-state index in [0.717, 1.165) is 30.8 Å². The minimum absolute atomic E-state index is 0.0807. The predicted molar refractivity (Wildman–Crippen MR) is 113 cm³/mol. The maximum Gasteiger partial charge on any atom is 0.307 e. The summed E-state index contributed by atoms with van der Waals surface area (Å²) < 4.78 is 0. The number of fused-ring (bicyclic) bond motifs is 1. The lowest BCUT2D eigenvalue weighted by atomic mass is 9.80. The van der Waals surface area contributed by atoms with Gasteiger partial charge >= 0.3 is 5.97 Å². The highest BCUT2D eigenvalue weighted by atomic mass is 35.5. The standard InChI is InChI=1S/C23H25ClN2O3/c24-18-8-5-16(6-9-18)20-15-25(12-11-19(20)23(28)29)13-14-26-21-4-2-1-3-17(21)7-10-22(26)27/h1-6,8-9,19-20H,7,10-15H2,(H,28,29). The molecule has 2 unspecified atom stereocenters. The number of aryl methyl sites for hydroxylation is 1. The van der Waals surface area contributed by atoms with Crippen LogP contribution in [-0.2, 0) is 16.0 Å². The molecule has 29 heavy (non-hydrogen) atoms. The molecule has 0 aromatic heterocycles. The quantitative estimate of drug-likeness (QED) is 0.811. The van der Waals surface area contributed by atoms with Crippen LogP contribution in [0.3, 0.4) is 0 Å². The van der Waals surface area contributed by atoms with Gasteiger partial charge in [-0.3, -0.25) is 9.59 Å². The Bertz CT molecular complexity index is 899. The van der Waals surface area contributed by atoms with E-state index in [4.69, 9.17) is 11.6 Å². The molecule has 1 amide bonds. The van der Waals surface area contributed by atoms with Crippen molar-refractivity contribution in [3.63, 3.8) is 0 Å². The van der Waals surface area contributed by atoms with Gasteiger partial charge in [0.2, 0.25) is 5.91 Å². The van der Waals surface area contributed by atoms with Gasteiger partial charge in [-0.1, -0.05) is 41.9 Å². The second-order valence-corrected chi connectivity index (χ2v) is 8.30. The summed E-state index contributed by atoms with van der Waals surface area (Å²) in [6.45, 7) is 2.75. The third kappa shape index (κ3) is 4.31. The number of halogens is 1. The lowest BCUT2D eigenvalue weighted by Crippen LogP contribution is -2.46. The van der Waals surface area contributed by atoms with Gasteiger partial charge in [-0.2, -0.15) is 0 Å². The van der Waals surface area contributed by atoms with Gasteiger partial charge in [-0.05, 0) is 48.7 Å². The summed E-state index contributed by atoms with van der Waals surface area (Å²) in [5.41, 5.74) is 3.24. The van der Waals surface area contributed by atoms with Crippen LogP contribution in [0.5, 0.6) is 0 Å². The molecule has 2 aliphatic heterocycles. The number of nitrogens with zero attached hydrogens (tertiary/aromatic N) is 2. The van der Waals surface area contributed by atoms with E-state index in [9.17, 15) is 14.7 Å². The first-order valence-corrected chi connectivity index (χ1v) is 10.5. The number of carbonyl (C=O) groups is 2. The second kappa shape index (κ2) is 8.56. The summed E-state index contributed by atoms with van der Waals surface area (Å²) in [4.78, 5) is 28.5. The molecule has 0 aliphatic carbocycles. The van der Waals surface area contributed by atoms with Crippen LogP contribution in [0.2, 0.25) is 5.02 Å². The third-order valence-corrected chi connectivity index (χ3v) is 6.40. The fourth-order valence-corrected chi connectivity index (χ4v) is 4.67. The molecule has 4 rings (SSSR count). The molecule has 2 atom stereocenters. The number of carboxylic acids is 1. The highest BCUT2D eigenvalue weighted by molar-refractivity contribution is 6.30. The van der Waals surface area contributed by atoms with Crippen molar-refractivity contribution >= 4 is 29.2 Å². The van der Waals surface area contributed by atoms with Gasteiger partial charge in [0.05, 0.1) is 5.92 Å². The number of benzene rings is 2. The van der Waals surface area contributed by atoms with Gasteiger partial charge in [-0.25, -0.2) is 0 Å². The summed E-state index contributed by atoms with van der Waals surface area (Å²) in [6, 6.07) is 15.6. The van der Waals surface area contributed by atoms with Crippen LogP contribution in [0.1, 0.15) is 29.9 Å². The maximum absolute atomic E-state index is 12.5. The van der Waals surface area contributed by atoms with Gasteiger partial charge in [0, 0.05) is 42.7 Å². The molecule has 0 bridgehead atoms. The van der Waals surface area contributed by atoms with Crippen molar-refractivity contribution < 1.29 is 14.7 Å². The SMILES string of the molecule is O=C(O)C1CCN(CCN2C(=O)CCc3ccccc32)CC1c1ccc(Cl)cc1. The van der Waals surface area contributed by atoms with E-state index in [1.807, 2.05) is 47.4 Å². The normalized spacial score (nSPS) is 22.4. The van der Waals surface area contributed by atoms with Crippen LogP contribution in [0.25, 0.3) is 0 Å². The summed E-state index contributed by atoms with van der Waals surface area (Å²) in [7, 11) is 0. The molecule has 6 heteroatoms. The Kier molecular flexibility index (Phi) is 5.88. The van der Waals surface area contributed by atoms with Crippen molar-refractivity contribution in [1.82, 2.24) is 4.90 Å². The van der Waals surface area contributed by atoms with E-state index in [0.29, 0.717) is 31.0 Å². The number of carboxylic acid groups (broad SMARTS) is 1. The van der Waals surface area contributed by atoms with Gasteiger partial charge in [0.25, 0.3) is 0 Å². The number of para-hydroxylation sites is 1. The van der Waals surface area contributed by atoms with E-state index in [1.54, 1.807) is 0 Å². The van der Waals surface area contributed by atoms with Gasteiger partial charge in [-0.15, -0.1) is 0 Å². The zero-order chi connectivity index (χ0) is 20.4. The van der Waals surface area contributed by atoms with Crippen molar-refractivity contribution in [2.45, 2.75) is 25.2 Å². The van der Waals surface area contributed by atoms with Gasteiger partial charge in [0.15, 0.2) is 0 Å². The Hall–Kier alpha value is -2.37. The summed E-state index contributed by atoms with van der Waals surface area (Å²) >= 11 is 6.00. The van der Waals surface area contributed by atoms with Crippen LogP contribution in [-0.4, -0.2) is 48.1 Å². The third-order valence-electron chi connectivity index (χ3n) is 6.14. The minimum Gasteiger partial charge on any atom is -0.481 e. The summed E-state index contributed by atoms with van der Waals surface area (Å²) in [5.74, 6) is -1.06. The number of rotatable bonds is 5. The molecule has 1 saturated heterocycles. The highest BCUT2D eigenvalue weighted by Gasteiger charge is 2.35. The molecule has 2 aromatic rings. The zero-order valence-corrected chi connectivity index (χ0v) is 17.0. The van der Waals surface area contributed by atoms with E-state index in [-0.39, 0.29) is 11.8 Å². The van der Waals surface area contributed by atoms with E-state index < -0.39 is 11.9 Å². The lowest BCUT2D eigenvalue weighted by molar-refractivity contribution is -0.144. The number of hydrogen-bond donors (Lipinski definition) is 1. The number of amides is 1. The highest BCUT2D eigenvalue weighted by Crippen LogP contribution is 2.34. The average Bonchev–Trinajstić information content (AvgIpc) is 2.73. The average molecular weight is 413 g/mol. The number of likely N-dealkylation sites (tertiary alicyclic amines) is 1. The Morgan fingerprint density at radius 2 is 1.83 bits per heavy atom. The molecule has 0 radical (unpaired) electrons. The zero-order valence-electron chi connectivity index (χ0n) is 16.3. The second-order valence-electron chi connectivity index (χ2n) is 7.87. The van der Waals surface area contributed by atoms with Crippen LogP contribution in [0.15, 0.2) is 48.5 Å². The topological polar surface area (TPSA) is 60.9 Å². The number of anilines is 1. The fraction of sp³-hybridized carbons (Fsp3) is 0.391. The fourth-order valence-electron chi connectivity index (χ4n) is 4.55. The number of aliphatic carboxylic acids is 1. The van der Waals surface area contributed by atoms with Crippen molar-refractivity contribution in [3.8, 4) is 0 Å². The molecule has 0 spiro atoms. The van der Waals surface area contributed by atoms with Crippen LogP contribution in [0, 0.1) is 5.92 Å². The molecular formula is C23H25ClN2O3. The van der Waals surface area contributed by atoms with Gasteiger partial charge < -0.3 is 14.9 Å². The van der Waals surface area contributed by atoms with E-state index in [1.165, 1.54) is 5.56 Å². The maximum atomic E-state index is 12.5. The molecular weight excluding hydrogens is 388 g/mol. The van der Waals surface area contributed by atoms with Crippen molar-refractivity contribution in [3.05, 3.63) is 64.7 Å². The lowest BCUT2D eigenvalue weighted by Gasteiger charge is -2.38. The first-order chi connectivity index (χ1) is 14.0. The Balaban J connectivity index is 1.47. The van der Waals surface area contributed by atoms with Crippen LogP contribution < -0.4 is 4.90 Å². The Morgan fingerprint density at radius 3 is 2.59 bits per heavy atom. The molecule has 1 N–H and O–H groups in total. The number of carbonyl (C=O) groups excluding carboxylic acids is 1. The monoisotopic (exact) mass is 412 g/mol. The minimum atomic E-state index is -0.746. The van der Waals surface area contributed by atoms with Crippen molar-refractivity contribution in [1.29, 1.82) is 0 Å². The van der Waals surface area contributed by atoms with Crippen LogP contribution in [0.4, 0.5) is 5.69 Å². The number of hydrogen-bond acceptors (Lipinski definition) is 3. The van der Waals surface area contributed by atoms with Gasteiger partial charge in [0.1, 0.15) is 0 Å². The molecule has 2 aromatic carbocycles. The van der Waals surface area contributed by atoms with E-state index in [2.05, 4.69) is 11.0 Å². The largest absolute Gasteiger partial charge is 0.481 e. The summed E-state index contributed by atoms with van der Waals surface area (Å²) in [6.07, 6.45) is 1.95. The van der Waals surface area contributed by atoms with Crippen molar-refractivity contribution in [2.24, 2.45) is 5.92 Å². The van der Waals surface area contributed by atoms with Crippen LogP contribution >= 0.6 is 11.6 Å².